The molecule has 0 aromatic carbocycles. The van der Waals surface area contributed by atoms with Gasteiger partial charge in [0.2, 0.25) is 11.8 Å². The van der Waals surface area contributed by atoms with E-state index in [-0.39, 0.29) is 22.6 Å². The van der Waals surface area contributed by atoms with Crippen LogP contribution >= 0.6 is 0 Å². The molecule has 1 aromatic heterocycles. The van der Waals surface area contributed by atoms with Crippen molar-refractivity contribution in [1.29, 1.82) is 0 Å². The lowest BCUT2D eigenvalue weighted by molar-refractivity contribution is -0.139. The van der Waals surface area contributed by atoms with Gasteiger partial charge in [0.05, 0.1) is 0 Å². The maximum atomic E-state index is 12.7. The number of fused-ring (bicyclic) bond motifs is 5. The third kappa shape index (κ3) is 3.16. The average Bonchev–Trinajstić information content (AvgIpc) is 3.28. The lowest BCUT2D eigenvalue weighted by Crippen LogP contribution is -2.59. The molecule has 2 amide bonds. The predicted octanol–water partition coefficient (Wildman–Crippen LogP) is 4.57. The van der Waals surface area contributed by atoms with Gasteiger partial charge in [-0.2, -0.15) is 0 Å². The Hall–Kier alpha value is -2.11. The van der Waals surface area contributed by atoms with Crippen LogP contribution < -0.4 is 5.32 Å². The molecule has 3 fully saturated rings. The van der Waals surface area contributed by atoms with Crippen molar-refractivity contribution in [2.24, 2.45) is 34.5 Å². The number of aryl methyl sites for hydroxylation is 1. The minimum absolute atomic E-state index is 0.0494. The van der Waals surface area contributed by atoms with Gasteiger partial charge in [0.15, 0.2) is 5.82 Å². The van der Waals surface area contributed by atoms with Crippen molar-refractivity contribution >= 4 is 17.6 Å². The zero-order valence-electron chi connectivity index (χ0n) is 19.2. The maximum absolute atomic E-state index is 12.7. The van der Waals surface area contributed by atoms with Crippen LogP contribution in [0.15, 0.2) is 22.7 Å². The number of amides is 2. The standard InChI is InChI=1S/C25H35N3O3/c1-15-13-21(27-31-15)26-22(29)14-16-5-7-18-17-6-8-20-25(3,12-10-23(30)28(20)4)19(17)9-11-24(16,18)2/h10,12-13,16-20H,5-9,11,14H2,1-4H3,(H,26,27,29)/t16-,17?,18?,19?,20?,24-,25-/m1/s1. The highest BCUT2D eigenvalue weighted by atomic mass is 16.5. The van der Waals surface area contributed by atoms with Gasteiger partial charge >= 0.3 is 0 Å². The topological polar surface area (TPSA) is 75.4 Å². The molecule has 4 unspecified atom stereocenters. The molecular formula is C25H35N3O3. The maximum Gasteiger partial charge on any atom is 0.246 e. The van der Waals surface area contributed by atoms with Crippen LogP contribution in [-0.4, -0.2) is 35.0 Å². The number of likely N-dealkylation sites (N-methyl/N-ethyl adjacent to an activating group) is 1. The van der Waals surface area contributed by atoms with Crippen molar-refractivity contribution in [2.75, 3.05) is 12.4 Å². The van der Waals surface area contributed by atoms with Crippen LogP contribution in [0.25, 0.3) is 0 Å². The highest BCUT2D eigenvalue weighted by molar-refractivity contribution is 5.90. The summed E-state index contributed by atoms with van der Waals surface area (Å²) >= 11 is 0. The number of hydrogen-bond acceptors (Lipinski definition) is 4. The van der Waals surface area contributed by atoms with E-state index in [1.807, 2.05) is 18.9 Å². The van der Waals surface area contributed by atoms with Gasteiger partial charge in [-0.25, -0.2) is 0 Å². The van der Waals surface area contributed by atoms with Crippen LogP contribution in [0.4, 0.5) is 5.82 Å². The highest BCUT2D eigenvalue weighted by Crippen LogP contribution is 2.65. The van der Waals surface area contributed by atoms with E-state index in [4.69, 9.17) is 4.52 Å². The molecule has 1 aliphatic heterocycles. The van der Waals surface area contributed by atoms with Crippen LogP contribution in [-0.2, 0) is 9.59 Å². The van der Waals surface area contributed by atoms with Crippen molar-refractivity contribution in [2.45, 2.75) is 71.8 Å². The first-order valence-corrected chi connectivity index (χ1v) is 11.9. The van der Waals surface area contributed by atoms with Crippen molar-refractivity contribution < 1.29 is 14.1 Å². The summed E-state index contributed by atoms with van der Waals surface area (Å²) in [6.07, 6.45) is 11.6. The van der Waals surface area contributed by atoms with Crippen molar-refractivity contribution in [3.63, 3.8) is 0 Å². The molecule has 31 heavy (non-hydrogen) atoms. The van der Waals surface area contributed by atoms with Crippen molar-refractivity contribution in [1.82, 2.24) is 10.1 Å². The molecule has 4 aliphatic rings. The van der Waals surface area contributed by atoms with Gasteiger partial charge in [-0.15, -0.1) is 0 Å². The monoisotopic (exact) mass is 425 g/mol. The number of rotatable bonds is 3. The summed E-state index contributed by atoms with van der Waals surface area (Å²) in [7, 11) is 1.97. The summed E-state index contributed by atoms with van der Waals surface area (Å²) in [6, 6.07) is 2.09. The van der Waals surface area contributed by atoms with Crippen LogP contribution in [0.5, 0.6) is 0 Å². The molecule has 0 bridgehead atoms. The summed E-state index contributed by atoms with van der Waals surface area (Å²) in [6.45, 7) is 6.66. The normalized spacial score (nSPS) is 41.5. The summed E-state index contributed by atoms with van der Waals surface area (Å²) in [5.41, 5.74) is 0.300. The Morgan fingerprint density at radius 1 is 1.23 bits per heavy atom. The van der Waals surface area contributed by atoms with Gasteiger partial charge in [0.25, 0.3) is 0 Å². The van der Waals surface area contributed by atoms with Crippen LogP contribution in [0.1, 0.15) is 64.6 Å². The number of aromatic nitrogens is 1. The van der Waals surface area contributed by atoms with Gasteiger partial charge in [-0.1, -0.05) is 25.1 Å². The minimum atomic E-state index is 0.0494. The van der Waals surface area contributed by atoms with Gasteiger partial charge in [0, 0.05) is 31.0 Å². The van der Waals surface area contributed by atoms with E-state index in [1.54, 1.807) is 12.1 Å². The third-order valence-corrected chi connectivity index (χ3v) is 9.65. The number of nitrogens with one attached hydrogen (secondary N) is 1. The first-order valence-electron chi connectivity index (χ1n) is 11.9. The summed E-state index contributed by atoms with van der Waals surface area (Å²) in [5.74, 6) is 3.83. The molecule has 1 N–H and O–H groups in total. The van der Waals surface area contributed by atoms with Gasteiger partial charge in [0.1, 0.15) is 5.76 Å². The predicted molar refractivity (Wildman–Crippen MR) is 118 cm³/mol. The second-order valence-corrected chi connectivity index (χ2v) is 11.0. The number of carbonyl (C=O) groups is 2. The molecule has 0 spiro atoms. The summed E-state index contributed by atoms with van der Waals surface area (Å²) in [4.78, 5) is 27.0. The first-order chi connectivity index (χ1) is 14.7. The van der Waals surface area contributed by atoms with E-state index < -0.39 is 0 Å². The second kappa shape index (κ2) is 7.21. The Balaban J connectivity index is 1.32. The Labute approximate surface area is 184 Å². The Morgan fingerprint density at radius 3 is 2.77 bits per heavy atom. The first kappa shape index (κ1) is 20.8. The van der Waals surface area contributed by atoms with Crippen molar-refractivity contribution in [3.05, 3.63) is 24.0 Å². The fourth-order valence-corrected chi connectivity index (χ4v) is 8.03. The molecule has 5 rings (SSSR count). The van der Waals surface area contributed by atoms with E-state index in [0.29, 0.717) is 47.7 Å². The molecule has 6 nitrogen and oxygen atoms in total. The Bertz CT molecular complexity index is 923. The number of anilines is 1. The van der Waals surface area contributed by atoms with E-state index in [1.165, 1.54) is 25.7 Å². The smallest absolute Gasteiger partial charge is 0.246 e. The van der Waals surface area contributed by atoms with E-state index in [0.717, 1.165) is 12.8 Å². The molecule has 7 atom stereocenters. The SMILES string of the molecule is Cc1cc(NC(=O)C[C@H]2CCC3C4CCC5N(C)C(=O)C=C[C@]5(C)C4CC[C@@]32C)no1. The van der Waals surface area contributed by atoms with E-state index in [2.05, 4.69) is 30.4 Å². The zero-order chi connectivity index (χ0) is 22.0. The molecular weight excluding hydrogens is 390 g/mol. The molecule has 3 aliphatic carbocycles. The lowest BCUT2D eigenvalue weighted by atomic mass is 9.47. The lowest BCUT2D eigenvalue weighted by Gasteiger charge is -2.60. The van der Waals surface area contributed by atoms with Crippen LogP contribution in [0.2, 0.25) is 0 Å². The molecule has 0 saturated heterocycles. The van der Waals surface area contributed by atoms with Gasteiger partial charge < -0.3 is 14.7 Å². The molecule has 3 saturated carbocycles. The van der Waals surface area contributed by atoms with Gasteiger partial charge in [-0.3, -0.25) is 9.59 Å². The molecule has 0 radical (unpaired) electrons. The van der Waals surface area contributed by atoms with Crippen LogP contribution in [0.3, 0.4) is 0 Å². The van der Waals surface area contributed by atoms with E-state index >= 15 is 0 Å². The number of carbonyl (C=O) groups excluding carboxylic acids is 2. The molecule has 168 valence electrons. The summed E-state index contributed by atoms with van der Waals surface area (Å²) < 4.78 is 5.07. The quantitative estimate of drug-likeness (QED) is 0.770. The number of nitrogens with zero attached hydrogens (tertiary/aromatic N) is 2. The fourth-order valence-electron chi connectivity index (χ4n) is 8.03. The molecule has 2 heterocycles. The fraction of sp³-hybridized carbons (Fsp3) is 0.720. The van der Waals surface area contributed by atoms with Crippen LogP contribution in [0, 0.1) is 41.4 Å². The molecule has 1 aromatic rings. The van der Waals surface area contributed by atoms with Gasteiger partial charge in [-0.05, 0) is 80.6 Å². The summed E-state index contributed by atoms with van der Waals surface area (Å²) in [5, 5.41) is 6.82. The Kier molecular flexibility index (Phi) is 4.83. The van der Waals surface area contributed by atoms with E-state index in [9.17, 15) is 9.59 Å². The largest absolute Gasteiger partial charge is 0.360 e. The molecule has 6 heteroatoms. The zero-order valence-corrected chi connectivity index (χ0v) is 19.2. The average molecular weight is 426 g/mol. The minimum Gasteiger partial charge on any atom is -0.360 e. The van der Waals surface area contributed by atoms with Crippen molar-refractivity contribution in [3.8, 4) is 0 Å². The Morgan fingerprint density at radius 2 is 2.03 bits per heavy atom. The second-order valence-electron chi connectivity index (χ2n) is 11.0. The highest BCUT2D eigenvalue weighted by Gasteiger charge is 2.60. The number of hydrogen-bond donors (Lipinski definition) is 1. The third-order valence-electron chi connectivity index (χ3n) is 9.65.